The van der Waals surface area contributed by atoms with E-state index in [1.807, 2.05) is 0 Å². The smallest absolute Gasteiger partial charge is 0.339 e. The van der Waals surface area contributed by atoms with Gasteiger partial charge >= 0.3 is 5.97 Å². The first-order chi connectivity index (χ1) is 6.77. The molecule has 14 heavy (non-hydrogen) atoms. The monoisotopic (exact) mass is 196 g/mol. The minimum Gasteiger partial charge on any atom is -0.491 e. The number of rotatable bonds is 4. The molecule has 0 aliphatic carbocycles. The summed E-state index contributed by atoms with van der Waals surface area (Å²) >= 11 is 0. The fraction of sp³-hybridized carbons (Fsp3) is 0.333. The zero-order chi connectivity index (χ0) is 10.4. The van der Waals surface area contributed by atoms with Crippen LogP contribution in [0.5, 0.6) is 5.75 Å². The van der Waals surface area contributed by atoms with Gasteiger partial charge in [0.15, 0.2) is 0 Å². The molecule has 1 aromatic heterocycles. The van der Waals surface area contributed by atoms with Crippen LogP contribution in [0.25, 0.3) is 0 Å². The molecule has 1 rings (SSSR count). The van der Waals surface area contributed by atoms with E-state index in [0.29, 0.717) is 24.5 Å². The lowest BCUT2D eigenvalue weighted by Crippen LogP contribution is -2.11. The number of aromatic nitrogens is 1. The van der Waals surface area contributed by atoms with Gasteiger partial charge in [-0.3, -0.25) is 4.98 Å². The predicted molar refractivity (Wildman–Crippen MR) is 50.1 cm³/mol. The van der Waals surface area contributed by atoms with Crippen molar-refractivity contribution in [1.82, 2.24) is 4.98 Å². The molecule has 76 valence electrons. The zero-order valence-electron chi connectivity index (χ0n) is 7.90. The molecule has 0 saturated carbocycles. The highest BCUT2D eigenvalue weighted by molar-refractivity contribution is 5.89. The van der Waals surface area contributed by atoms with Crippen molar-refractivity contribution in [3.05, 3.63) is 24.0 Å². The Labute approximate surface area is 81.8 Å². The average molecular weight is 196 g/mol. The van der Waals surface area contributed by atoms with Crippen LogP contribution in [0.2, 0.25) is 0 Å². The van der Waals surface area contributed by atoms with Gasteiger partial charge in [0.05, 0.1) is 18.9 Å². The van der Waals surface area contributed by atoms with Gasteiger partial charge in [-0.05, 0) is 6.07 Å². The normalized spacial score (nSPS) is 9.57. The van der Waals surface area contributed by atoms with E-state index in [0.717, 1.165) is 0 Å². The van der Waals surface area contributed by atoms with Crippen LogP contribution in [0.4, 0.5) is 0 Å². The molecule has 2 N–H and O–H groups in total. The first kappa shape index (κ1) is 10.5. The summed E-state index contributed by atoms with van der Waals surface area (Å²) in [6.45, 7) is 0.814. The van der Waals surface area contributed by atoms with Crippen LogP contribution in [0.15, 0.2) is 18.5 Å². The molecule has 0 atom stereocenters. The van der Waals surface area contributed by atoms with Crippen molar-refractivity contribution in [2.45, 2.75) is 0 Å². The Bertz CT molecular complexity index is 315. The van der Waals surface area contributed by atoms with Crippen LogP contribution in [0.1, 0.15) is 10.4 Å². The Kier molecular flexibility index (Phi) is 3.87. The SMILES string of the molecule is COC(=O)c1cncc(OCCN)c1. The second-order valence-corrected chi connectivity index (χ2v) is 2.54. The summed E-state index contributed by atoms with van der Waals surface area (Å²) in [4.78, 5) is 14.9. The summed E-state index contributed by atoms with van der Waals surface area (Å²) < 4.78 is 9.73. The summed E-state index contributed by atoms with van der Waals surface area (Å²) in [5.41, 5.74) is 5.63. The largest absolute Gasteiger partial charge is 0.491 e. The van der Waals surface area contributed by atoms with Crippen molar-refractivity contribution in [2.75, 3.05) is 20.3 Å². The van der Waals surface area contributed by atoms with Crippen molar-refractivity contribution in [3.63, 3.8) is 0 Å². The van der Waals surface area contributed by atoms with Crippen molar-refractivity contribution < 1.29 is 14.3 Å². The van der Waals surface area contributed by atoms with E-state index >= 15 is 0 Å². The Morgan fingerprint density at radius 3 is 3.00 bits per heavy atom. The van der Waals surface area contributed by atoms with Gasteiger partial charge in [-0.2, -0.15) is 0 Å². The topological polar surface area (TPSA) is 74.4 Å². The predicted octanol–water partition coefficient (Wildman–Crippen LogP) is 0.206. The number of nitrogens with zero attached hydrogens (tertiary/aromatic N) is 1. The Hall–Kier alpha value is -1.62. The summed E-state index contributed by atoms with van der Waals surface area (Å²) in [7, 11) is 1.32. The number of hydrogen-bond acceptors (Lipinski definition) is 5. The third kappa shape index (κ3) is 2.70. The maximum absolute atomic E-state index is 11.1. The molecule has 0 aliphatic rings. The molecule has 0 fully saturated rings. The molecule has 0 spiro atoms. The summed E-state index contributed by atoms with van der Waals surface area (Å²) in [6.07, 6.45) is 2.93. The minimum absolute atomic E-state index is 0.363. The standard InChI is InChI=1S/C9H12N2O3/c1-13-9(12)7-4-8(6-11-5-7)14-3-2-10/h4-6H,2-3,10H2,1H3. The molecule has 0 saturated heterocycles. The number of ether oxygens (including phenoxy) is 2. The van der Waals surface area contributed by atoms with Gasteiger partial charge in [0.1, 0.15) is 12.4 Å². The Morgan fingerprint density at radius 2 is 2.36 bits per heavy atom. The molecule has 0 amide bonds. The van der Waals surface area contributed by atoms with E-state index in [4.69, 9.17) is 10.5 Å². The van der Waals surface area contributed by atoms with Crippen molar-refractivity contribution in [3.8, 4) is 5.75 Å². The maximum atomic E-state index is 11.1. The summed E-state index contributed by atoms with van der Waals surface area (Å²) in [5, 5.41) is 0. The number of esters is 1. The van der Waals surface area contributed by atoms with Gasteiger partial charge < -0.3 is 15.2 Å². The maximum Gasteiger partial charge on any atom is 0.339 e. The summed E-state index contributed by atoms with van der Waals surface area (Å²) in [5.74, 6) is 0.0778. The third-order valence-corrected chi connectivity index (χ3v) is 1.52. The molecule has 5 nitrogen and oxygen atoms in total. The highest BCUT2D eigenvalue weighted by atomic mass is 16.5. The van der Waals surface area contributed by atoms with Crippen molar-refractivity contribution in [2.24, 2.45) is 5.73 Å². The number of carbonyl (C=O) groups is 1. The van der Waals surface area contributed by atoms with E-state index in [-0.39, 0.29) is 0 Å². The first-order valence-electron chi connectivity index (χ1n) is 4.14. The number of hydrogen-bond donors (Lipinski definition) is 1. The highest BCUT2D eigenvalue weighted by Gasteiger charge is 2.06. The molecule has 1 aromatic rings. The zero-order valence-corrected chi connectivity index (χ0v) is 7.90. The number of nitrogens with two attached hydrogens (primary N) is 1. The highest BCUT2D eigenvalue weighted by Crippen LogP contribution is 2.11. The van der Waals surface area contributed by atoms with E-state index in [2.05, 4.69) is 9.72 Å². The van der Waals surface area contributed by atoms with Gasteiger partial charge in [0.2, 0.25) is 0 Å². The van der Waals surface area contributed by atoms with E-state index in [1.165, 1.54) is 19.5 Å². The minimum atomic E-state index is -0.435. The lowest BCUT2D eigenvalue weighted by atomic mass is 10.3. The lowest BCUT2D eigenvalue weighted by molar-refractivity contribution is 0.0599. The van der Waals surface area contributed by atoms with Crippen LogP contribution in [-0.2, 0) is 4.74 Å². The van der Waals surface area contributed by atoms with Gasteiger partial charge in [0, 0.05) is 12.7 Å². The molecule has 0 aromatic carbocycles. The molecular weight excluding hydrogens is 184 g/mol. The van der Waals surface area contributed by atoms with Gasteiger partial charge in [0.25, 0.3) is 0 Å². The van der Waals surface area contributed by atoms with E-state index in [1.54, 1.807) is 6.07 Å². The Balaban J connectivity index is 2.73. The Morgan fingerprint density at radius 1 is 1.57 bits per heavy atom. The molecular formula is C9H12N2O3. The van der Waals surface area contributed by atoms with Gasteiger partial charge in [-0.25, -0.2) is 4.79 Å². The van der Waals surface area contributed by atoms with Gasteiger partial charge in [-0.1, -0.05) is 0 Å². The average Bonchev–Trinajstić information content (AvgIpc) is 2.25. The lowest BCUT2D eigenvalue weighted by Gasteiger charge is -2.04. The van der Waals surface area contributed by atoms with E-state index < -0.39 is 5.97 Å². The molecule has 0 radical (unpaired) electrons. The van der Waals surface area contributed by atoms with E-state index in [9.17, 15) is 4.79 Å². The van der Waals surface area contributed by atoms with Gasteiger partial charge in [-0.15, -0.1) is 0 Å². The van der Waals surface area contributed by atoms with Crippen molar-refractivity contribution >= 4 is 5.97 Å². The van der Waals surface area contributed by atoms with Crippen LogP contribution in [0, 0.1) is 0 Å². The second-order valence-electron chi connectivity index (χ2n) is 2.54. The van der Waals surface area contributed by atoms with Crippen LogP contribution in [-0.4, -0.2) is 31.2 Å². The molecule has 1 heterocycles. The molecule has 0 unspecified atom stereocenters. The number of carbonyl (C=O) groups excluding carboxylic acids is 1. The fourth-order valence-corrected chi connectivity index (χ4v) is 0.904. The molecule has 0 bridgehead atoms. The number of methoxy groups -OCH3 is 1. The second kappa shape index (κ2) is 5.18. The summed E-state index contributed by atoms with van der Waals surface area (Å²) in [6, 6.07) is 1.56. The van der Waals surface area contributed by atoms with Crippen LogP contribution >= 0.6 is 0 Å². The first-order valence-corrected chi connectivity index (χ1v) is 4.14. The molecule has 0 aliphatic heterocycles. The fourth-order valence-electron chi connectivity index (χ4n) is 0.904. The number of pyridine rings is 1. The van der Waals surface area contributed by atoms with Crippen LogP contribution in [0.3, 0.4) is 0 Å². The molecule has 5 heteroatoms. The van der Waals surface area contributed by atoms with Crippen molar-refractivity contribution in [1.29, 1.82) is 0 Å². The van der Waals surface area contributed by atoms with Crippen LogP contribution < -0.4 is 10.5 Å². The third-order valence-electron chi connectivity index (χ3n) is 1.52. The quantitative estimate of drug-likeness (QED) is 0.696.